The predicted octanol–water partition coefficient (Wildman–Crippen LogP) is 2.81. The van der Waals surface area contributed by atoms with Gasteiger partial charge in [-0.1, -0.05) is 12.1 Å². The number of methoxy groups -OCH3 is 2. The highest BCUT2D eigenvalue weighted by Gasteiger charge is 2.40. The van der Waals surface area contributed by atoms with Gasteiger partial charge in [-0.3, -0.25) is 9.69 Å². The predicted molar refractivity (Wildman–Crippen MR) is 120 cm³/mol. The summed E-state index contributed by atoms with van der Waals surface area (Å²) in [7, 11) is 3.37. The second kappa shape index (κ2) is 12.6. The van der Waals surface area contributed by atoms with Gasteiger partial charge in [-0.15, -0.1) is 24.8 Å². The summed E-state index contributed by atoms with van der Waals surface area (Å²) in [6.45, 7) is 4.97. The molecule has 2 fully saturated rings. The van der Waals surface area contributed by atoms with Crippen molar-refractivity contribution in [3.63, 3.8) is 0 Å². The molecule has 1 atom stereocenters. The van der Waals surface area contributed by atoms with Crippen LogP contribution >= 0.6 is 24.8 Å². The molecule has 2 aliphatic heterocycles. The van der Waals surface area contributed by atoms with Crippen LogP contribution in [0.15, 0.2) is 24.3 Å². The lowest BCUT2D eigenvalue weighted by Gasteiger charge is -2.36. The summed E-state index contributed by atoms with van der Waals surface area (Å²) >= 11 is 0. The van der Waals surface area contributed by atoms with E-state index >= 15 is 0 Å². The van der Waals surface area contributed by atoms with Crippen molar-refractivity contribution in [2.45, 2.75) is 31.7 Å². The van der Waals surface area contributed by atoms with Gasteiger partial charge in [0.25, 0.3) is 0 Å². The van der Waals surface area contributed by atoms with Crippen LogP contribution in [0.3, 0.4) is 0 Å². The fourth-order valence-electron chi connectivity index (χ4n) is 4.36. The van der Waals surface area contributed by atoms with Crippen molar-refractivity contribution < 1.29 is 14.3 Å². The van der Waals surface area contributed by atoms with Gasteiger partial charge in [-0.05, 0) is 69.6 Å². The zero-order chi connectivity index (χ0) is 19.1. The maximum Gasteiger partial charge on any atom is 0.228 e. The second-order valence-corrected chi connectivity index (χ2v) is 7.71. The summed E-state index contributed by atoms with van der Waals surface area (Å²) in [5.41, 5.74) is 0.784. The van der Waals surface area contributed by atoms with Crippen LogP contribution < -0.4 is 15.4 Å². The number of carbonyl (C=O) groups is 1. The maximum atomic E-state index is 13.1. The van der Waals surface area contributed by atoms with E-state index < -0.39 is 5.41 Å². The van der Waals surface area contributed by atoms with E-state index in [0.29, 0.717) is 13.2 Å². The molecule has 0 bridgehead atoms. The number of halogens is 2. The van der Waals surface area contributed by atoms with Gasteiger partial charge in [-0.2, -0.15) is 0 Å². The Kier molecular flexibility index (Phi) is 11.3. The van der Waals surface area contributed by atoms with Gasteiger partial charge in [0, 0.05) is 13.7 Å². The number of benzene rings is 1. The summed E-state index contributed by atoms with van der Waals surface area (Å²) in [4.78, 5) is 15.6. The van der Waals surface area contributed by atoms with Gasteiger partial charge in [0.15, 0.2) is 0 Å². The highest BCUT2D eigenvalue weighted by atomic mass is 35.5. The smallest absolute Gasteiger partial charge is 0.228 e. The van der Waals surface area contributed by atoms with Crippen molar-refractivity contribution in [1.29, 1.82) is 0 Å². The molecule has 0 aliphatic carbocycles. The number of likely N-dealkylation sites (tertiary alicyclic amines) is 1. The second-order valence-electron chi connectivity index (χ2n) is 7.71. The Morgan fingerprint density at radius 3 is 2.52 bits per heavy atom. The van der Waals surface area contributed by atoms with Crippen LogP contribution in [0.4, 0.5) is 0 Å². The first-order valence-electron chi connectivity index (χ1n) is 10.0. The van der Waals surface area contributed by atoms with Crippen LogP contribution in [0.1, 0.15) is 37.3 Å². The molecular weight excluding hydrogens is 413 g/mol. The molecular formula is C21H35Cl2N3O3. The first-order chi connectivity index (χ1) is 13.2. The number of rotatable bonds is 8. The molecule has 1 unspecified atom stereocenters. The summed E-state index contributed by atoms with van der Waals surface area (Å²) in [5.74, 6) is 0.982. The maximum absolute atomic E-state index is 13.1. The van der Waals surface area contributed by atoms with E-state index in [0.717, 1.165) is 44.8 Å². The van der Waals surface area contributed by atoms with Crippen molar-refractivity contribution in [2.75, 3.05) is 53.6 Å². The van der Waals surface area contributed by atoms with Crippen LogP contribution in [-0.4, -0.2) is 64.4 Å². The molecule has 3 rings (SSSR count). The number of ether oxygens (including phenoxy) is 2. The van der Waals surface area contributed by atoms with Gasteiger partial charge < -0.3 is 20.1 Å². The lowest BCUT2D eigenvalue weighted by Crippen LogP contribution is -2.51. The van der Waals surface area contributed by atoms with Crippen LogP contribution in [0.25, 0.3) is 0 Å². The molecule has 1 aromatic carbocycles. The Morgan fingerprint density at radius 1 is 1.21 bits per heavy atom. The SMILES string of the molecule is COCC1(C(=O)NCC(c2cccc(OC)c2)N2CCCC2)CCNCC1.Cl.Cl. The minimum atomic E-state index is -0.413. The summed E-state index contributed by atoms with van der Waals surface area (Å²) in [6.07, 6.45) is 4.07. The Hall–Kier alpha value is -1.05. The van der Waals surface area contributed by atoms with Crippen LogP contribution in [0.2, 0.25) is 0 Å². The fraction of sp³-hybridized carbons (Fsp3) is 0.667. The van der Waals surface area contributed by atoms with Gasteiger partial charge in [-0.25, -0.2) is 0 Å². The highest BCUT2D eigenvalue weighted by Crippen LogP contribution is 2.31. The van der Waals surface area contributed by atoms with Crippen molar-refractivity contribution in [2.24, 2.45) is 5.41 Å². The third-order valence-corrected chi connectivity index (χ3v) is 5.98. The molecule has 8 heteroatoms. The summed E-state index contributed by atoms with van der Waals surface area (Å²) < 4.78 is 10.8. The van der Waals surface area contributed by atoms with Crippen LogP contribution in [0.5, 0.6) is 5.75 Å². The molecule has 2 saturated heterocycles. The van der Waals surface area contributed by atoms with Crippen LogP contribution in [-0.2, 0) is 9.53 Å². The van der Waals surface area contributed by atoms with Gasteiger partial charge in [0.1, 0.15) is 5.75 Å². The third-order valence-electron chi connectivity index (χ3n) is 5.98. The molecule has 0 saturated carbocycles. The van der Waals surface area contributed by atoms with Crippen LogP contribution in [0, 0.1) is 5.41 Å². The van der Waals surface area contributed by atoms with Gasteiger partial charge in [0.05, 0.1) is 25.2 Å². The first kappa shape index (κ1) is 26.0. The molecule has 166 valence electrons. The summed E-state index contributed by atoms with van der Waals surface area (Å²) in [6, 6.07) is 8.38. The zero-order valence-electron chi connectivity index (χ0n) is 17.4. The molecule has 1 aromatic rings. The molecule has 1 amide bonds. The number of nitrogens with zero attached hydrogens (tertiary/aromatic N) is 1. The van der Waals surface area contributed by atoms with E-state index in [1.807, 2.05) is 12.1 Å². The Labute approximate surface area is 186 Å². The lowest BCUT2D eigenvalue weighted by atomic mass is 9.78. The van der Waals surface area contributed by atoms with E-state index in [9.17, 15) is 4.79 Å². The zero-order valence-corrected chi connectivity index (χ0v) is 19.1. The average molecular weight is 448 g/mol. The molecule has 6 nitrogen and oxygen atoms in total. The number of piperidine rings is 1. The summed E-state index contributed by atoms with van der Waals surface area (Å²) in [5, 5.41) is 6.61. The normalized spacial score (nSPS) is 19.5. The van der Waals surface area contributed by atoms with Crippen molar-refractivity contribution in [3.05, 3.63) is 29.8 Å². The number of hydrogen-bond acceptors (Lipinski definition) is 5. The van der Waals surface area contributed by atoms with Crippen molar-refractivity contribution in [1.82, 2.24) is 15.5 Å². The highest BCUT2D eigenvalue weighted by molar-refractivity contribution is 5.85. The Bertz CT molecular complexity index is 615. The van der Waals surface area contributed by atoms with E-state index in [4.69, 9.17) is 9.47 Å². The van der Waals surface area contributed by atoms with E-state index in [2.05, 4.69) is 27.7 Å². The third kappa shape index (κ3) is 6.46. The monoisotopic (exact) mass is 447 g/mol. The molecule has 29 heavy (non-hydrogen) atoms. The standard InChI is InChI=1S/C21H33N3O3.2ClH/c1-26-16-21(8-10-22-11-9-21)20(25)23-15-19(24-12-3-4-13-24)17-6-5-7-18(14-17)27-2;;/h5-7,14,19,22H,3-4,8-13,15-16H2,1-2H3,(H,23,25);2*1H. The topological polar surface area (TPSA) is 62.8 Å². The Morgan fingerprint density at radius 2 is 1.90 bits per heavy atom. The number of carbonyl (C=O) groups excluding carboxylic acids is 1. The number of nitrogens with one attached hydrogen (secondary N) is 2. The lowest BCUT2D eigenvalue weighted by molar-refractivity contribution is -0.136. The molecule has 0 aromatic heterocycles. The van der Waals surface area contributed by atoms with Crippen molar-refractivity contribution >= 4 is 30.7 Å². The Balaban J connectivity index is 0.00000210. The quantitative estimate of drug-likeness (QED) is 0.641. The van der Waals surface area contributed by atoms with E-state index in [1.54, 1.807) is 14.2 Å². The van der Waals surface area contributed by atoms with Gasteiger partial charge >= 0.3 is 0 Å². The molecule has 0 radical (unpaired) electrons. The van der Waals surface area contributed by atoms with E-state index in [-0.39, 0.29) is 36.8 Å². The minimum absolute atomic E-state index is 0. The number of amides is 1. The average Bonchev–Trinajstić information content (AvgIpc) is 3.23. The molecule has 2 aliphatic rings. The molecule has 2 heterocycles. The van der Waals surface area contributed by atoms with Crippen molar-refractivity contribution in [3.8, 4) is 5.75 Å². The van der Waals surface area contributed by atoms with E-state index in [1.165, 1.54) is 18.4 Å². The molecule has 2 N–H and O–H groups in total. The molecule has 0 spiro atoms. The fourth-order valence-corrected chi connectivity index (χ4v) is 4.36. The minimum Gasteiger partial charge on any atom is -0.497 e. The van der Waals surface area contributed by atoms with Gasteiger partial charge in [0.2, 0.25) is 5.91 Å². The largest absolute Gasteiger partial charge is 0.497 e. The number of hydrogen-bond donors (Lipinski definition) is 2. The first-order valence-corrected chi connectivity index (χ1v) is 10.0.